The van der Waals surface area contributed by atoms with E-state index >= 15 is 0 Å². The molecule has 0 saturated carbocycles. The van der Waals surface area contributed by atoms with Crippen molar-refractivity contribution in [2.24, 2.45) is 0 Å². The lowest BCUT2D eigenvalue weighted by atomic mass is 9.98. The number of furan rings is 1. The van der Waals surface area contributed by atoms with Crippen molar-refractivity contribution in [3.8, 4) is 11.5 Å². The summed E-state index contributed by atoms with van der Waals surface area (Å²) in [6.07, 6.45) is 1.52. The number of ether oxygens (including phenoxy) is 2. The van der Waals surface area contributed by atoms with Gasteiger partial charge in [-0.3, -0.25) is 9.59 Å². The summed E-state index contributed by atoms with van der Waals surface area (Å²) in [5.41, 5.74) is 2.83. The maximum absolute atomic E-state index is 12.7. The minimum Gasteiger partial charge on any atom is -0.485 e. The molecule has 0 aliphatic carbocycles. The second-order valence-corrected chi connectivity index (χ2v) is 7.29. The van der Waals surface area contributed by atoms with Gasteiger partial charge in [-0.2, -0.15) is 0 Å². The maximum Gasteiger partial charge on any atom is 0.289 e. The Balaban J connectivity index is 1.27. The van der Waals surface area contributed by atoms with Crippen LogP contribution in [0.1, 0.15) is 21.7 Å². The Morgan fingerprint density at radius 3 is 2.70 bits per heavy atom. The minimum absolute atomic E-state index is 0.133. The molecule has 2 aromatic carbocycles. The van der Waals surface area contributed by atoms with Crippen LogP contribution in [0.5, 0.6) is 11.5 Å². The lowest BCUT2D eigenvalue weighted by Gasteiger charge is -2.29. The molecule has 1 aromatic heterocycles. The molecule has 7 heteroatoms. The number of benzene rings is 2. The lowest BCUT2D eigenvalue weighted by Crippen LogP contribution is -2.40. The van der Waals surface area contributed by atoms with Gasteiger partial charge in [-0.25, -0.2) is 0 Å². The van der Waals surface area contributed by atoms with Gasteiger partial charge in [0.05, 0.1) is 6.26 Å². The van der Waals surface area contributed by atoms with E-state index in [-0.39, 0.29) is 18.4 Å². The molecule has 2 aliphatic heterocycles. The molecule has 0 bridgehead atoms. The number of nitrogens with zero attached hydrogens (tertiary/aromatic N) is 1. The third kappa shape index (κ3) is 3.50. The minimum atomic E-state index is -0.729. The first-order valence-corrected chi connectivity index (χ1v) is 9.81. The van der Waals surface area contributed by atoms with Gasteiger partial charge in [-0.15, -0.1) is 0 Å². The highest BCUT2D eigenvalue weighted by Crippen LogP contribution is 2.31. The van der Waals surface area contributed by atoms with Crippen LogP contribution in [0.15, 0.2) is 65.3 Å². The molecule has 3 aromatic rings. The Morgan fingerprint density at radius 2 is 1.87 bits per heavy atom. The lowest BCUT2D eigenvalue weighted by molar-refractivity contribution is -0.125. The predicted molar refractivity (Wildman–Crippen MR) is 109 cm³/mol. The number of rotatable bonds is 3. The van der Waals surface area contributed by atoms with Gasteiger partial charge in [0.1, 0.15) is 6.61 Å². The van der Waals surface area contributed by atoms with E-state index in [1.807, 2.05) is 36.4 Å². The number of para-hydroxylation sites is 2. The van der Waals surface area contributed by atoms with E-state index in [0.29, 0.717) is 36.0 Å². The van der Waals surface area contributed by atoms with Crippen molar-refractivity contribution in [1.82, 2.24) is 4.90 Å². The summed E-state index contributed by atoms with van der Waals surface area (Å²) in [6.45, 7) is 1.25. The van der Waals surface area contributed by atoms with Crippen LogP contribution in [0, 0.1) is 0 Å². The normalized spacial score (nSPS) is 17.2. The number of fused-ring (bicyclic) bond motifs is 2. The first kappa shape index (κ1) is 18.3. The van der Waals surface area contributed by atoms with Crippen molar-refractivity contribution in [3.63, 3.8) is 0 Å². The number of amides is 2. The predicted octanol–water partition coefficient (Wildman–Crippen LogP) is 3.26. The van der Waals surface area contributed by atoms with E-state index in [2.05, 4.69) is 5.32 Å². The van der Waals surface area contributed by atoms with Crippen molar-refractivity contribution >= 4 is 17.5 Å². The number of carbonyl (C=O) groups excluding carboxylic acids is 2. The summed E-state index contributed by atoms with van der Waals surface area (Å²) >= 11 is 0. The van der Waals surface area contributed by atoms with Crippen molar-refractivity contribution < 1.29 is 23.5 Å². The molecule has 7 nitrogen and oxygen atoms in total. The summed E-state index contributed by atoms with van der Waals surface area (Å²) in [5.74, 6) is 1.12. The van der Waals surface area contributed by atoms with Crippen molar-refractivity contribution in [3.05, 3.63) is 77.7 Å². The van der Waals surface area contributed by atoms with Gasteiger partial charge in [0.15, 0.2) is 17.3 Å². The number of carbonyl (C=O) groups is 2. The summed E-state index contributed by atoms with van der Waals surface area (Å²) in [5, 5.41) is 2.90. The van der Waals surface area contributed by atoms with E-state index in [0.717, 1.165) is 12.0 Å². The molecule has 0 radical (unpaired) electrons. The fourth-order valence-corrected chi connectivity index (χ4v) is 3.74. The van der Waals surface area contributed by atoms with Crippen LogP contribution < -0.4 is 14.8 Å². The van der Waals surface area contributed by atoms with Gasteiger partial charge < -0.3 is 24.1 Å². The molecule has 1 unspecified atom stereocenters. The first-order valence-electron chi connectivity index (χ1n) is 9.81. The van der Waals surface area contributed by atoms with Crippen molar-refractivity contribution in [2.45, 2.75) is 19.1 Å². The van der Waals surface area contributed by atoms with E-state index in [4.69, 9.17) is 13.9 Å². The fraction of sp³-hybridized carbons (Fsp3) is 0.217. The second-order valence-electron chi connectivity index (χ2n) is 7.29. The topological polar surface area (TPSA) is 81.0 Å². The van der Waals surface area contributed by atoms with E-state index in [1.54, 1.807) is 23.1 Å². The van der Waals surface area contributed by atoms with Crippen LogP contribution in [0.3, 0.4) is 0 Å². The average molecular weight is 404 g/mol. The fourth-order valence-electron chi connectivity index (χ4n) is 3.74. The van der Waals surface area contributed by atoms with Gasteiger partial charge in [0, 0.05) is 18.8 Å². The third-order valence-electron chi connectivity index (χ3n) is 5.31. The molecule has 2 aliphatic rings. The molecule has 3 heterocycles. The van der Waals surface area contributed by atoms with Gasteiger partial charge in [0.2, 0.25) is 6.10 Å². The smallest absolute Gasteiger partial charge is 0.289 e. The molecular formula is C23H20N2O5. The van der Waals surface area contributed by atoms with E-state index in [9.17, 15) is 9.59 Å². The summed E-state index contributed by atoms with van der Waals surface area (Å²) in [7, 11) is 0. The van der Waals surface area contributed by atoms with Crippen LogP contribution in [0.25, 0.3) is 0 Å². The number of anilines is 1. The summed E-state index contributed by atoms with van der Waals surface area (Å²) in [4.78, 5) is 27.0. The number of hydrogen-bond donors (Lipinski definition) is 1. The second kappa shape index (κ2) is 7.59. The summed E-state index contributed by atoms with van der Waals surface area (Å²) in [6, 6.07) is 16.4. The number of hydrogen-bond acceptors (Lipinski definition) is 5. The highest BCUT2D eigenvalue weighted by molar-refractivity contribution is 5.95. The zero-order valence-corrected chi connectivity index (χ0v) is 16.2. The van der Waals surface area contributed by atoms with E-state index in [1.165, 1.54) is 11.8 Å². The van der Waals surface area contributed by atoms with Crippen LogP contribution in [0.2, 0.25) is 0 Å². The first-order chi connectivity index (χ1) is 14.7. The Hall–Kier alpha value is -3.74. The SMILES string of the molecule is O=C(Nc1ccc2c(c1)CN(C(=O)c1ccco1)CC2)C1COc2ccccc2O1. The summed E-state index contributed by atoms with van der Waals surface area (Å²) < 4.78 is 16.6. The molecule has 2 amide bonds. The molecular weight excluding hydrogens is 384 g/mol. The maximum atomic E-state index is 12.7. The average Bonchev–Trinajstić information content (AvgIpc) is 3.32. The highest BCUT2D eigenvalue weighted by Gasteiger charge is 2.28. The molecule has 5 rings (SSSR count). The van der Waals surface area contributed by atoms with Gasteiger partial charge in [-0.1, -0.05) is 18.2 Å². The van der Waals surface area contributed by atoms with Crippen molar-refractivity contribution in [1.29, 1.82) is 0 Å². The molecule has 1 atom stereocenters. The van der Waals surface area contributed by atoms with E-state index < -0.39 is 6.10 Å². The van der Waals surface area contributed by atoms with Crippen molar-refractivity contribution in [2.75, 3.05) is 18.5 Å². The molecule has 152 valence electrons. The zero-order valence-electron chi connectivity index (χ0n) is 16.2. The quantitative estimate of drug-likeness (QED) is 0.725. The zero-order chi connectivity index (χ0) is 20.5. The molecule has 0 spiro atoms. The third-order valence-corrected chi connectivity index (χ3v) is 5.31. The van der Waals surface area contributed by atoms with Crippen LogP contribution >= 0.6 is 0 Å². The molecule has 1 N–H and O–H groups in total. The van der Waals surface area contributed by atoms with Gasteiger partial charge in [0.25, 0.3) is 11.8 Å². The van der Waals surface area contributed by atoms with Gasteiger partial charge >= 0.3 is 0 Å². The number of nitrogens with one attached hydrogen (secondary N) is 1. The van der Waals surface area contributed by atoms with Crippen LogP contribution in [0.4, 0.5) is 5.69 Å². The largest absolute Gasteiger partial charge is 0.485 e. The highest BCUT2D eigenvalue weighted by atomic mass is 16.6. The molecule has 30 heavy (non-hydrogen) atoms. The Labute approximate surface area is 173 Å². The monoisotopic (exact) mass is 404 g/mol. The standard InChI is InChI=1S/C23H20N2O5/c26-22(21-14-29-18-4-1-2-5-19(18)30-21)24-17-8-7-15-9-10-25(13-16(15)12-17)23(27)20-6-3-11-28-20/h1-8,11-12,21H,9-10,13-14H2,(H,24,26). The Morgan fingerprint density at radius 1 is 1.00 bits per heavy atom. The Kier molecular flexibility index (Phi) is 4.63. The van der Waals surface area contributed by atoms with Gasteiger partial charge in [-0.05, 0) is 53.9 Å². The van der Waals surface area contributed by atoms with Crippen LogP contribution in [-0.4, -0.2) is 36.0 Å². The molecule has 0 fully saturated rings. The molecule has 0 saturated heterocycles. The van der Waals surface area contributed by atoms with Crippen LogP contribution in [-0.2, 0) is 17.8 Å². The Bertz CT molecular complexity index is 1090.